The van der Waals surface area contributed by atoms with Crippen LogP contribution in [-0.2, 0) is 10.3 Å². The number of benzene rings is 2. The lowest BCUT2D eigenvalue weighted by Crippen LogP contribution is -2.52. The van der Waals surface area contributed by atoms with E-state index < -0.39 is 40.2 Å². The van der Waals surface area contributed by atoms with Crippen LogP contribution in [0.1, 0.15) is 36.3 Å². The summed E-state index contributed by atoms with van der Waals surface area (Å²) < 4.78 is 15.4. The molecule has 0 radical (unpaired) electrons. The number of aliphatic hydroxyl groups excluding tert-OH is 1. The number of hydrogen-bond donors (Lipinski definition) is 2. The Hall–Kier alpha value is -2.26. The van der Waals surface area contributed by atoms with Crippen LogP contribution < -0.4 is 5.32 Å². The van der Waals surface area contributed by atoms with Gasteiger partial charge in [-0.15, -0.1) is 0 Å². The molecule has 0 aromatic heterocycles. The molecule has 2 fully saturated rings. The van der Waals surface area contributed by atoms with E-state index in [1.807, 2.05) is 4.90 Å². The summed E-state index contributed by atoms with van der Waals surface area (Å²) in [5.41, 5.74) is -0.545. The highest BCUT2D eigenvalue weighted by Crippen LogP contribution is 2.59. The Morgan fingerprint density at radius 1 is 1.27 bits per heavy atom. The van der Waals surface area contributed by atoms with Crippen LogP contribution >= 0.6 is 23.2 Å². The van der Waals surface area contributed by atoms with Crippen molar-refractivity contribution in [2.75, 3.05) is 18.5 Å². The third-order valence-corrected chi connectivity index (χ3v) is 7.69. The number of rotatable bonds is 6. The van der Waals surface area contributed by atoms with Gasteiger partial charge in [0.2, 0.25) is 6.04 Å². The summed E-state index contributed by atoms with van der Waals surface area (Å²) >= 11 is 12.3. The fourth-order valence-electron chi connectivity index (χ4n) is 5.73. The number of nitrogens with zero attached hydrogens (tertiary/aromatic N) is 2. The molecule has 174 valence electrons. The first-order chi connectivity index (χ1) is 15.8. The third kappa shape index (κ3) is 3.34. The molecule has 1 saturated carbocycles. The van der Waals surface area contributed by atoms with E-state index in [2.05, 4.69) is 5.32 Å². The molecule has 1 amide bonds. The van der Waals surface area contributed by atoms with Crippen molar-refractivity contribution < 1.29 is 19.2 Å². The fourth-order valence-corrected chi connectivity index (χ4v) is 6.08. The lowest BCUT2D eigenvalue weighted by atomic mass is 9.73. The summed E-state index contributed by atoms with van der Waals surface area (Å²) in [6, 6.07) is 7.17. The molecule has 2 aromatic rings. The van der Waals surface area contributed by atoms with Crippen molar-refractivity contribution in [1.29, 1.82) is 0 Å². The predicted octanol–water partition coefficient (Wildman–Crippen LogP) is 4.19. The number of amides is 1. The van der Waals surface area contributed by atoms with Crippen LogP contribution in [-0.4, -0.2) is 46.1 Å². The molecule has 1 spiro atoms. The lowest BCUT2D eigenvalue weighted by molar-refractivity contribution is -0.528. The molecule has 3 aliphatic rings. The molecule has 10 heteroatoms. The first-order valence-corrected chi connectivity index (χ1v) is 11.6. The standard InChI is InChI=1S/C23H22Cl2FN3O4/c24-13-6-7-15-17(10-13)27-22(31)23(15)19(14-2-1-3-16(25)20(14)26)21(29(32)33)18(8-9-30)28(23)11-12-4-5-12/h1-3,6-7,10,12,18-19,21,30H,4-5,8-9,11H2,(H,27,31)/t18-,19-,21?,23+/m0/s1. The summed E-state index contributed by atoms with van der Waals surface area (Å²) in [5.74, 6) is -2.12. The van der Waals surface area contributed by atoms with Gasteiger partial charge in [-0.05, 0) is 43.4 Å². The molecule has 0 bridgehead atoms. The molecule has 2 heterocycles. The van der Waals surface area contributed by atoms with E-state index in [0.29, 0.717) is 22.8 Å². The Labute approximate surface area is 199 Å². The minimum Gasteiger partial charge on any atom is -0.396 e. The lowest BCUT2D eigenvalue weighted by Gasteiger charge is -2.38. The van der Waals surface area contributed by atoms with Crippen molar-refractivity contribution in [2.24, 2.45) is 5.92 Å². The second kappa shape index (κ2) is 8.20. The zero-order valence-corrected chi connectivity index (χ0v) is 19.0. The van der Waals surface area contributed by atoms with Crippen LogP contribution in [0.15, 0.2) is 36.4 Å². The van der Waals surface area contributed by atoms with E-state index >= 15 is 4.39 Å². The molecule has 7 nitrogen and oxygen atoms in total. The molecule has 2 aliphatic heterocycles. The number of aliphatic hydroxyl groups is 1. The zero-order chi connectivity index (χ0) is 23.5. The molecule has 4 atom stereocenters. The van der Waals surface area contributed by atoms with Gasteiger partial charge in [0.1, 0.15) is 11.4 Å². The van der Waals surface area contributed by atoms with Gasteiger partial charge in [-0.3, -0.25) is 19.8 Å². The average Bonchev–Trinajstić information content (AvgIpc) is 3.48. The Morgan fingerprint density at radius 3 is 2.70 bits per heavy atom. The smallest absolute Gasteiger partial charge is 0.250 e. The van der Waals surface area contributed by atoms with Gasteiger partial charge < -0.3 is 10.4 Å². The number of carbonyl (C=O) groups is 1. The monoisotopic (exact) mass is 493 g/mol. The quantitative estimate of drug-likeness (QED) is 0.464. The maximum Gasteiger partial charge on any atom is 0.250 e. The summed E-state index contributed by atoms with van der Waals surface area (Å²) in [6.07, 6.45) is 1.98. The minimum absolute atomic E-state index is 0.0170. The second-order valence-corrected chi connectivity index (χ2v) is 9.83. The zero-order valence-electron chi connectivity index (χ0n) is 17.5. The number of fused-ring (bicyclic) bond motifs is 2. The van der Waals surface area contributed by atoms with Crippen LogP contribution in [0.4, 0.5) is 10.1 Å². The first-order valence-electron chi connectivity index (χ1n) is 10.9. The molecular weight excluding hydrogens is 472 g/mol. The highest BCUT2D eigenvalue weighted by molar-refractivity contribution is 6.31. The van der Waals surface area contributed by atoms with E-state index in [0.717, 1.165) is 12.8 Å². The number of nitro groups is 1. The third-order valence-electron chi connectivity index (χ3n) is 7.16. The number of carbonyl (C=O) groups excluding carboxylic acids is 1. The summed E-state index contributed by atoms with van der Waals surface area (Å²) in [5, 5.41) is 25.4. The number of likely N-dealkylation sites (tertiary alicyclic amines) is 1. The van der Waals surface area contributed by atoms with E-state index in [4.69, 9.17) is 23.2 Å². The number of hydrogen-bond acceptors (Lipinski definition) is 5. The largest absolute Gasteiger partial charge is 0.396 e. The predicted molar refractivity (Wildman–Crippen MR) is 122 cm³/mol. The first kappa shape index (κ1) is 22.5. The van der Waals surface area contributed by atoms with E-state index in [1.54, 1.807) is 18.2 Å². The molecule has 1 unspecified atom stereocenters. The van der Waals surface area contributed by atoms with Gasteiger partial charge in [-0.25, -0.2) is 4.39 Å². The number of halogens is 3. The van der Waals surface area contributed by atoms with Crippen LogP contribution in [0, 0.1) is 21.8 Å². The van der Waals surface area contributed by atoms with Crippen LogP contribution in [0.25, 0.3) is 0 Å². The van der Waals surface area contributed by atoms with Gasteiger partial charge in [-0.1, -0.05) is 41.4 Å². The Morgan fingerprint density at radius 2 is 2.03 bits per heavy atom. The highest BCUT2D eigenvalue weighted by Gasteiger charge is 2.71. The molecular formula is C23H22Cl2FN3O4. The van der Waals surface area contributed by atoms with Gasteiger partial charge in [0.05, 0.1) is 17.0 Å². The Bertz CT molecular complexity index is 1140. The number of nitrogens with one attached hydrogen (secondary N) is 1. The van der Waals surface area contributed by atoms with Crippen LogP contribution in [0.2, 0.25) is 10.0 Å². The van der Waals surface area contributed by atoms with Crippen molar-refractivity contribution >= 4 is 34.8 Å². The van der Waals surface area contributed by atoms with Crippen molar-refractivity contribution in [2.45, 2.75) is 42.8 Å². The normalized spacial score (nSPS) is 28.8. The second-order valence-electron chi connectivity index (χ2n) is 8.98. The van der Waals surface area contributed by atoms with E-state index in [-0.39, 0.29) is 29.5 Å². The Balaban J connectivity index is 1.83. The minimum atomic E-state index is -1.54. The topological polar surface area (TPSA) is 95.7 Å². The summed E-state index contributed by atoms with van der Waals surface area (Å²) in [6.45, 7) is 0.134. The average molecular weight is 494 g/mol. The van der Waals surface area contributed by atoms with E-state index in [9.17, 15) is 20.0 Å². The highest BCUT2D eigenvalue weighted by atomic mass is 35.5. The SMILES string of the molecule is O=C1Nc2cc(Cl)ccc2[C@@]12[C@@H](c1cccc(Cl)c1F)C([N+](=O)[O-])[C@H](CCO)N2CC1CC1. The van der Waals surface area contributed by atoms with Gasteiger partial charge in [-0.2, -0.15) is 0 Å². The number of anilines is 1. The molecule has 1 saturated heterocycles. The van der Waals surface area contributed by atoms with Gasteiger partial charge in [0.15, 0.2) is 0 Å². The molecule has 5 rings (SSSR count). The molecule has 33 heavy (non-hydrogen) atoms. The van der Waals surface area contributed by atoms with Crippen LogP contribution in [0.3, 0.4) is 0 Å². The van der Waals surface area contributed by atoms with Crippen molar-refractivity contribution in [3.63, 3.8) is 0 Å². The summed E-state index contributed by atoms with van der Waals surface area (Å²) in [4.78, 5) is 27.8. The Kier molecular flexibility index (Phi) is 5.60. The molecule has 1 aliphatic carbocycles. The maximum absolute atomic E-state index is 15.4. The van der Waals surface area contributed by atoms with Crippen molar-refractivity contribution in [3.8, 4) is 0 Å². The maximum atomic E-state index is 15.4. The van der Waals surface area contributed by atoms with Crippen LogP contribution in [0.5, 0.6) is 0 Å². The van der Waals surface area contributed by atoms with Crippen molar-refractivity contribution in [3.05, 3.63) is 73.5 Å². The van der Waals surface area contributed by atoms with Gasteiger partial charge in [0.25, 0.3) is 5.91 Å². The molecule has 2 aromatic carbocycles. The molecule has 2 N–H and O–H groups in total. The van der Waals surface area contributed by atoms with Gasteiger partial charge in [0, 0.05) is 39.9 Å². The summed E-state index contributed by atoms with van der Waals surface area (Å²) in [7, 11) is 0. The fraction of sp³-hybridized carbons (Fsp3) is 0.435. The van der Waals surface area contributed by atoms with E-state index in [1.165, 1.54) is 18.2 Å². The van der Waals surface area contributed by atoms with Crippen molar-refractivity contribution in [1.82, 2.24) is 4.90 Å². The van der Waals surface area contributed by atoms with Gasteiger partial charge >= 0.3 is 0 Å².